The quantitative estimate of drug-likeness (QED) is 0.765. The first kappa shape index (κ1) is 16.5. The minimum Gasteiger partial charge on any atom is -0.312 e. The summed E-state index contributed by atoms with van der Waals surface area (Å²) in [6.07, 6.45) is 8.45. The SMILES string of the molecule is Cc1cccc(CC(CNC(C)(C)C)CC2CCCC2)c1. The van der Waals surface area contributed by atoms with Crippen LogP contribution in [0.2, 0.25) is 0 Å². The molecule has 2 rings (SSSR count). The molecule has 0 bridgehead atoms. The van der Waals surface area contributed by atoms with E-state index < -0.39 is 0 Å². The summed E-state index contributed by atoms with van der Waals surface area (Å²) in [6.45, 7) is 10.2. The summed E-state index contributed by atoms with van der Waals surface area (Å²) in [7, 11) is 0. The van der Waals surface area contributed by atoms with E-state index >= 15 is 0 Å². The van der Waals surface area contributed by atoms with Crippen LogP contribution in [0.25, 0.3) is 0 Å². The number of hydrogen-bond donors (Lipinski definition) is 1. The van der Waals surface area contributed by atoms with Gasteiger partial charge in [0.1, 0.15) is 0 Å². The van der Waals surface area contributed by atoms with Crippen LogP contribution >= 0.6 is 0 Å². The second-order valence-corrected chi connectivity index (χ2v) is 8.08. The molecule has 21 heavy (non-hydrogen) atoms. The fourth-order valence-corrected chi connectivity index (χ4v) is 3.58. The molecule has 0 saturated heterocycles. The number of rotatable bonds is 6. The Hall–Kier alpha value is -0.820. The second kappa shape index (κ2) is 7.45. The van der Waals surface area contributed by atoms with Crippen molar-refractivity contribution >= 4 is 0 Å². The predicted octanol–water partition coefficient (Wildman–Crippen LogP) is 5.12. The van der Waals surface area contributed by atoms with Crippen molar-refractivity contribution < 1.29 is 0 Å². The maximum absolute atomic E-state index is 3.73. The Morgan fingerprint density at radius 2 is 1.90 bits per heavy atom. The normalized spacial score (nSPS) is 18.1. The molecule has 1 aromatic rings. The second-order valence-electron chi connectivity index (χ2n) is 8.08. The van der Waals surface area contributed by atoms with E-state index in [2.05, 4.69) is 57.3 Å². The number of hydrogen-bond acceptors (Lipinski definition) is 1. The van der Waals surface area contributed by atoms with Crippen LogP contribution in [0.1, 0.15) is 64.0 Å². The van der Waals surface area contributed by atoms with E-state index in [1.165, 1.54) is 49.7 Å². The minimum atomic E-state index is 0.223. The van der Waals surface area contributed by atoms with Crippen molar-refractivity contribution in [2.75, 3.05) is 6.54 Å². The van der Waals surface area contributed by atoms with Gasteiger partial charge in [0.25, 0.3) is 0 Å². The van der Waals surface area contributed by atoms with Crippen LogP contribution in [-0.4, -0.2) is 12.1 Å². The van der Waals surface area contributed by atoms with Gasteiger partial charge in [-0.15, -0.1) is 0 Å². The van der Waals surface area contributed by atoms with E-state index in [-0.39, 0.29) is 5.54 Å². The smallest absolute Gasteiger partial charge is 0.00966 e. The van der Waals surface area contributed by atoms with Crippen LogP contribution < -0.4 is 5.32 Å². The van der Waals surface area contributed by atoms with Gasteiger partial charge in [0.2, 0.25) is 0 Å². The summed E-state index contributed by atoms with van der Waals surface area (Å²) in [5, 5.41) is 3.73. The van der Waals surface area contributed by atoms with Crippen molar-refractivity contribution in [1.82, 2.24) is 5.32 Å². The van der Waals surface area contributed by atoms with Crippen molar-refractivity contribution in [1.29, 1.82) is 0 Å². The standard InChI is InChI=1S/C20H33N/c1-16-8-7-11-18(12-16)14-19(15-21-20(2,3)4)13-17-9-5-6-10-17/h7-8,11-12,17,19,21H,5-6,9-10,13-15H2,1-4H3. The van der Waals surface area contributed by atoms with Crippen LogP contribution in [0.15, 0.2) is 24.3 Å². The van der Waals surface area contributed by atoms with Gasteiger partial charge in [-0.05, 0) is 64.5 Å². The van der Waals surface area contributed by atoms with Crippen LogP contribution in [0.4, 0.5) is 0 Å². The molecule has 0 radical (unpaired) electrons. The van der Waals surface area contributed by atoms with Crippen LogP contribution in [-0.2, 0) is 6.42 Å². The average molecular weight is 287 g/mol. The molecule has 1 aromatic carbocycles. The Morgan fingerprint density at radius 3 is 2.52 bits per heavy atom. The fourth-order valence-electron chi connectivity index (χ4n) is 3.58. The van der Waals surface area contributed by atoms with Gasteiger partial charge in [-0.1, -0.05) is 55.5 Å². The fraction of sp³-hybridized carbons (Fsp3) is 0.700. The third-order valence-corrected chi connectivity index (χ3v) is 4.67. The minimum absolute atomic E-state index is 0.223. The lowest BCUT2D eigenvalue weighted by atomic mass is 9.87. The number of nitrogens with one attached hydrogen (secondary N) is 1. The van der Waals surface area contributed by atoms with Crippen LogP contribution in [0.5, 0.6) is 0 Å². The van der Waals surface area contributed by atoms with Gasteiger partial charge < -0.3 is 5.32 Å². The lowest BCUT2D eigenvalue weighted by Gasteiger charge is -2.27. The zero-order valence-corrected chi connectivity index (χ0v) is 14.4. The Bertz CT molecular complexity index is 424. The highest BCUT2D eigenvalue weighted by molar-refractivity contribution is 5.22. The molecule has 1 heteroatoms. The maximum atomic E-state index is 3.73. The lowest BCUT2D eigenvalue weighted by Crippen LogP contribution is -2.40. The highest BCUT2D eigenvalue weighted by atomic mass is 14.9. The molecule has 1 aliphatic carbocycles. The molecule has 1 atom stereocenters. The molecule has 0 heterocycles. The van der Waals surface area contributed by atoms with Crippen molar-refractivity contribution in [3.8, 4) is 0 Å². The third-order valence-electron chi connectivity index (χ3n) is 4.67. The molecule has 1 unspecified atom stereocenters. The van der Waals surface area contributed by atoms with Crippen molar-refractivity contribution in [3.05, 3.63) is 35.4 Å². The molecule has 1 N–H and O–H groups in total. The van der Waals surface area contributed by atoms with E-state index in [1.807, 2.05) is 0 Å². The van der Waals surface area contributed by atoms with Gasteiger partial charge in [0.15, 0.2) is 0 Å². The number of benzene rings is 1. The zero-order valence-electron chi connectivity index (χ0n) is 14.4. The van der Waals surface area contributed by atoms with Crippen molar-refractivity contribution in [2.24, 2.45) is 11.8 Å². The van der Waals surface area contributed by atoms with Crippen molar-refractivity contribution in [3.63, 3.8) is 0 Å². The molecule has 1 aliphatic rings. The average Bonchev–Trinajstić information content (AvgIpc) is 2.88. The van der Waals surface area contributed by atoms with E-state index in [0.717, 1.165) is 18.4 Å². The Balaban J connectivity index is 1.96. The molecule has 0 aromatic heterocycles. The summed E-state index contributed by atoms with van der Waals surface area (Å²) < 4.78 is 0. The Labute approximate surface area is 131 Å². The monoisotopic (exact) mass is 287 g/mol. The molecule has 1 nitrogen and oxygen atoms in total. The highest BCUT2D eigenvalue weighted by Gasteiger charge is 2.22. The zero-order chi connectivity index (χ0) is 15.3. The molecule has 118 valence electrons. The first-order chi connectivity index (χ1) is 9.92. The molecule has 1 fully saturated rings. The third kappa shape index (κ3) is 6.22. The van der Waals surface area contributed by atoms with E-state index in [9.17, 15) is 0 Å². The van der Waals surface area contributed by atoms with Gasteiger partial charge in [-0.2, -0.15) is 0 Å². The summed E-state index contributed by atoms with van der Waals surface area (Å²) in [5.41, 5.74) is 3.12. The summed E-state index contributed by atoms with van der Waals surface area (Å²) in [5.74, 6) is 1.75. The molecule has 0 amide bonds. The van der Waals surface area contributed by atoms with Gasteiger partial charge in [-0.3, -0.25) is 0 Å². The highest BCUT2D eigenvalue weighted by Crippen LogP contribution is 2.31. The van der Waals surface area contributed by atoms with Crippen LogP contribution in [0, 0.1) is 18.8 Å². The first-order valence-electron chi connectivity index (χ1n) is 8.73. The summed E-state index contributed by atoms with van der Waals surface area (Å²) in [4.78, 5) is 0. The van der Waals surface area contributed by atoms with E-state index in [4.69, 9.17) is 0 Å². The number of aryl methyl sites for hydroxylation is 1. The molecular formula is C20H33N. The molecular weight excluding hydrogens is 254 g/mol. The van der Waals surface area contributed by atoms with Crippen LogP contribution in [0.3, 0.4) is 0 Å². The molecule has 0 aliphatic heterocycles. The van der Waals surface area contributed by atoms with Gasteiger partial charge in [-0.25, -0.2) is 0 Å². The van der Waals surface area contributed by atoms with Gasteiger partial charge >= 0.3 is 0 Å². The topological polar surface area (TPSA) is 12.0 Å². The Kier molecular flexibility index (Phi) is 5.87. The van der Waals surface area contributed by atoms with E-state index in [1.54, 1.807) is 0 Å². The Morgan fingerprint density at radius 1 is 1.19 bits per heavy atom. The van der Waals surface area contributed by atoms with Gasteiger partial charge in [0.05, 0.1) is 0 Å². The largest absolute Gasteiger partial charge is 0.312 e. The van der Waals surface area contributed by atoms with Crippen molar-refractivity contribution in [2.45, 2.75) is 71.8 Å². The molecule has 0 spiro atoms. The molecule has 1 saturated carbocycles. The first-order valence-corrected chi connectivity index (χ1v) is 8.73. The lowest BCUT2D eigenvalue weighted by molar-refractivity contribution is 0.317. The predicted molar refractivity (Wildman–Crippen MR) is 92.7 cm³/mol. The maximum Gasteiger partial charge on any atom is 0.00966 e. The van der Waals surface area contributed by atoms with E-state index in [0.29, 0.717) is 0 Å². The summed E-state index contributed by atoms with van der Waals surface area (Å²) in [6, 6.07) is 9.06. The van der Waals surface area contributed by atoms with Gasteiger partial charge in [0, 0.05) is 5.54 Å². The summed E-state index contributed by atoms with van der Waals surface area (Å²) >= 11 is 0.